The number of hydrogen-bond donors (Lipinski definition) is 0. The van der Waals surface area contributed by atoms with Gasteiger partial charge in [0.2, 0.25) is 0 Å². The molecule has 1 atom stereocenters. The van der Waals surface area contributed by atoms with Crippen molar-refractivity contribution in [1.29, 1.82) is 0 Å². The van der Waals surface area contributed by atoms with Crippen LogP contribution in [0.1, 0.15) is 41.5 Å². The number of halogens is 1. The van der Waals surface area contributed by atoms with Gasteiger partial charge in [0.25, 0.3) is 0 Å². The van der Waals surface area contributed by atoms with Gasteiger partial charge in [-0.2, -0.15) is 0 Å². The summed E-state index contributed by atoms with van der Waals surface area (Å²) in [6.07, 6.45) is 2.28. The summed E-state index contributed by atoms with van der Waals surface area (Å²) in [5.74, 6) is 0.584. The van der Waals surface area contributed by atoms with Crippen LogP contribution in [0.3, 0.4) is 0 Å². The predicted molar refractivity (Wildman–Crippen MR) is 57.7 cm³/mol. The van der Waals surface area contributed by atoms with Gasteiger partial charge < -0.3 is 0 Å². The van der Waals surface area contributed by atoms with Gasteiger partial charge in [-0.3, -0.25) is 0 Å². The monoisotopic (exact) mass is 188 g/mol. The Morgan fingerprint density at radius 1 is 1.17 bits per heavy atom. The summed E-state index contributed by atoms with van der Waals surface area (Å²) in [4.78, 5) is 0. The molecule has 0 saturated carbocycles. The normalized spacial score (nSPS) is 16.8. The van der Waals surface area contributed by atoms with Crippen molar-refractivity contribution in [2.45, 2.75) is 46.9 Å². The molecule has 0 rings (SSSR count). The predicted octanol–water partition coefficient (Wildman–Crippen LogP) is 4.24. The molecule has 0 aliphatic heterocycles. The van der Waals surface area contributed by atoms with Gasteiger partial charge in [0.1, 0.15) is 0 Å². The van der Waals surface area contributed by atoms with Gasteiger partial charge >= 0.3 is 0 Å². The fourth-order valence-electron chi connectivity index (χ4n) is 1.34. The average Bonchev–Trinajstić information content (AvgIpc) is 1.79. The molecule has 1 heteroatoms. The Morgan fingerprint density at radius 3 is 1.67 bits per heavy atom. The van der Waals surface area contributed by atoms with E-state index in [4.69, 9.17) is 11.6 Å². The molecule has 0 spiro atoms. The minimum atomic E-state index is 0.146. The minimum Gasteiger partial charge on any atom is -0.118 e. The first-order valence-corrected chi connectivity index (χ1v) is 5.05. The van der Waals surface area contributed by atoms with Crippen LogP contribution in [-0.4, -0.2) is 5.38 Å². The summed E-state index contributed by atoms with van der Waals surface area (Å²) in [7, 11) is 0. The maximum atomic E-state index is 6.10. The molecule has 12 heavy (non-hydrogen) atoms. The maximum absolute atomic E-state index is 6.10. The average molecular weight is 189 g/mol. The number of alkyl halides is 1. The Hall–Kier alpha value is 0.0300. The van der Waals surface area contributed by atoms with Crippen LogP contribution in [0.25, 0.3) is 0 Å². The van der Waals surface area contributed by atoms with E-state index < -0.39 is 0 Å². The lowest BCUT2D eigenvalue weighted by atomic mass is 9.83. The Balaban J connectivity index is 4.68. The van der Waals surface area contributed by atoms with Crippen LogP contribution in [-0.2, 0) is 0 Å². The van der Waals surface area contributed by atoms with Crippen LogP contribution in [0.15, 0.2) is 11.6 Å². The van der Waals surface area contributed by atoms with Crippen molar-refractivity contribution in [2.24, 2.45) is 11.3 Å². The molecule has 0 aromatic heterocycles. The van der Waals surface area contributed by atoms with E-state index in [1.165, 1.54) is 5.57 Å². The Bertz CT molecular complexity index is 158. The van der Waals surface area contributed by atoms with Crippen molar-refractivity contribution in [1.82, 2.24) is 0 Å². The van der Waals surface area contributed by atoms with Gasteiger partial charge in [0.05, 0.1) is 5.38 Å². The largest absolute Gasteiger partial charge is 0.118 e. The first kappa shape index (κ1) is 12.0. The molecule has 0 radical (unpaired) electrons. The minimum absolute atomic E-state index is 0.146. The van der Waals surface area contributed by atoms with Crippen molar-refractivity contribution in [3.63, 3.8) is 0 Å². The number of allylic oxidation sites excluding steroid dienone is 2. The Labute approximate surface area is 82.0 Å². The highest BCUT2D eigenvalue weighted by Gasteiger charge is 2.20. The SMILES string of the molecule is CC(C)/C=C(/C(C)Cl)C(C)(C)C. The summed E-state index contributed by atoms with van der Waals surface area (Å²) < 4.78 is 0. The van der Waals surface area contributed by atoms with Crippen molar-refractivity contribution in [2.75, 3.05) is 0 Å². The van der Waals surface area contributed by atoms with E-state index >= 15 is 0 Å². The van der Waals surface area contributed by atoms with E-state index in [0.29, 0.717) is 5.92 Å². The second-order valence-electron chi connectivity index (χ2n) is 4.73. The quantitative estimate of drug-likeness (QED) is 0.449. The highest BCUT2D eigenvalue weighted by molar-refractivity contribution is 6.22. The van der Waals surface area contributed by atoms with Gasteiger partial charge in [0.15, 0.2) is 0 Å². The van der Waals surface area contributed by atoms with Crippen LogP contribution in [0.2, 0.25) is 0 Å². The van der Waals surface area contributed by atoms with Crippen LogP contribution in [0, 0.1) is 11.3 Å². The molecule has 0 aromatic carbocycles. The highest BCUT2D eigenvalue weighted by atomic mass is 35.5. The number of hydrogen-bond acceptors (Lipinski definition) is 0. The van der Waals surface area contributed by atoms with Gasteiger partial charge in [-0.25, -0.2) is 0 Å². The lowest BCUT2D eigenvalue weighted by Gasteiger charge is -2.26. The molecule has 0 N–H and O–H groups in total. The number of rotatable bonds is 2. The molecule has 0 nitrogen and oxygen atoms in total. The highest BCUT2D eigenvalue weighted by Crippen LogP contribution is 2.31. The molecule has 0 amide bonds. The van der Waals surface area contributed by atoms with Crippen molar-refractivity contribution in [3.8, 4) is 0 Å². The van der Waals surface area contributed by atoms with Gasteiger partial charge in [-0.15, -0.1) is 11.6 Å². The Morgan fingerprint density at radius 2 is 1.58 bits per heavy atom. The summed E-state index contributed by atoms with van der Waals surface area (Å²) >= 11 is 6.10. The third kappa shape index (κ3) is 4.15. The van der Waals surface area contributed by atoms with Gasteiger partial charge in [0, 0.05) is 0 Å². The van der Waals surface area contributed by atoms with Crippen LogP contribution >= 0.6 is 11.6 Å². The first-order valence-electron chi connectivity index (χ1n) is 4.61. The van der Waals surface area contributed by atoms with E-state index in [-0.39, 0.29) is 10.8 Å². The van der Waals surface area contributed by atoms with E-state index in [2.05, 4.69) is 40.7 Å². The topological polar surface area (TPSA) is 0 Å². The molecule has 0 aliphatic carbocycles. The zero-order chi connectivity index (χ0) is 9.94. The second kappa shape index (κ2) is 4.32. The summed E-state index contributed by atoms with van der Waals surface area (Å²) in [6, 6.07) is 0. The third-order valence-corrected chi connectivity index (χ3v) is 2.04. The van der Waals surface area contributed by atoms with Crippen molar-refractivity contribution >= 4 is 11.6 Å². The summed E-state index contributed by atoms with van der Waals surface area (Å²) in [5.41, 5.74) is 1.55. The molecule has 0 bridgehead atoms. The molecular formula is C11H21Cl. The van der Waals surface area contributed by atoms with Gasteiger partial charge in [-0.1, -0.05) is 46.3 Å². The van der Waals surface area contributed by atoms with Crippen LogP contribution in [0.5, 0.6) is 0 Å². The first-order chi connectivity index (χ1) is 5.25. The van der Waals surface area contributed by atoms with E-state index in [0.717, 1.165) is 0 Å². The maximum Gasteiger partial charge on any atom is 0.0522 e. The third-order valence-electron chi connectivity index (χ3n) is 1.81. The van der Waals surface area contributed by atoms with Gasteiger partial charge in [-0.05, 0) is 18.3 Å². The van der Waals surface area contributed by atoms with Crippen molar-refractivity contribution in [3.05, 3.63) is 11.6 Å². The van der Waals surface area contributed by atoms with E-state index in [1.807, 2.05) is 6.92 Å². The van der Waals surface area contributed by atoms with E-state index in [9.17, 15) is 0 Å². The van der Waals surface area contributed by atoms with Crippen molar-refractivity contribution < 1.29 is 0 Å². The lowest BCUT2D eigenvalue weighted by Crippen LogP contribution is -2.17. The van der Waals surface area contributed by atoms with Crippen LogP contribution in [0.4, 0.5) is 0 Å². The van der Waals surface area contributed by atoms with E-state index in [1.54, 1.807) is 0 Å². The molecule has 1 unspecified atom stereocenters. The summed E-state index contributed by atoms with van der Waals surface area (Å²) in [6.45, 7) is 13.0. The Kier molecular flexibility index (Phi) is 4.33. The van der Waals surface area contributed by atoms with Crippen LogP contribution < -0.4 is 0 Å². The fourth-order valence-corrected chi connectivity index (χ4v) is 1.74. The molecule has 0 heterocycles. The molecular weight excluding hydrogens is 168 g/mol. The fraction of sp³-hybridized carbons (Fsp3) is 0.818. The molecule has 0 fully saturated rings. The lowest BCUT2D eigenvalue weighted by molar-refractivity contribution is 0.483. The molecule has 0 aromatic rings. The zero-order valence-electron chi connectivity index (χ0n) is 9.11. The zero-order valence-corrected chi connectivity index (χ0v) is 9.87. The standard InChI is InChI=1S/C11H21Cl/c1-8(2)7-10(9(3)12)11(4,5)6/h7-9H,1-6H3/b10-7-. The second-order valence-corrected chi connectivity index (χ2v) is 5.39. The summed E-state index contributed by atoms with van der Waals surface area (Å²) in [5, 5.41) is 0.146. The molecule has 0 aliphatic rings. The molecule has 0 saturated heterocycles. The smallest absolute Gasteiger partial charge is 0.0522 e. The molecule has 72 valence electrons.